The number of aryl methyl sites for hydroxylation is 1. The molecule has 0 unspecified atom stereocenters. The van der Waals surface area contributed by atoms with Gasteiger partial charge in [-0.25, -0.2) is 18.2 Å². The predicted molar refractivity (Wildman–Crippen MR) is 63.7 cm³/mol. The van der Waals surface area contributed by atoms with E-state index >= 15 is 0 Å². The van der Waals surface area contributed by atoms with Gasteiger partial charge in [0.2, 0.25) is 0 Å². The fraction of sp³-hybridized carbons (Fsp3) is 0.250. The molecule has 2 nitrogen and oxygen atoms in total. The maximum Gasteiger partial charge on any atom is 0.161 e. The largest absolute Gasteiger partial charge is 0.306 e. The van der Waals surface area contributed by atoms with Crippen LogP contribution in [0, 0.1) is 24.4 Å². The lowest BCUT2D eigenvalue weighted by molar-refractivity contribution is 0.486. The average Bonchev–Trinajstić information content (AvgIpc) is 2.71. The summed E-state index contributed by atoms with van der Waals surface area (Å²) in [6.07, 6.45) is 0. The van der Waals surface area contributed by atoms with E-state index in [2.05, 4.69) is 10.3 Å². The van der Waals surface area contributed by atoms with Gasteiger partial charge in [0.05, 0.1) is 0 Å². The quantitative estimate of drug-likeness (QED) is 0.865. The number of nitrogens with one attached hydrogen (secondary N) is 1. The number of thiazole rings is 1. The van der Waals surface area contributed by atoms with Crippen molar-refractivity contribution in [3.05, 3.63) is 51.2 Å². The van der Waals surface area contributed by atoms with Gasteiger partial charge in [0, 0.05) is 35.8 Å². The Kier molecular flexibility index (Phi) is 3.98. The Morgan fingerprint density at radius 3 is 2.50 bits per heavy atom. The molecule has 1 heterocycles. The zero-order chi connectivity index (χ0) is 13.1. The first-order valence-corrected chi connectivity index (χ1v) is 6.19. The summed E-state index contributed by atoms with van der Waals surface area (Å²) in [6.45, 7) is 2.48. The molecular weight excluding hydrogens is 261 g/mol. The number of hydrogen-bond acceptors (Lipinski definition) is 3. The van der Waals surface area contributed by atoms with Crippen molar-refractivity contribution in [1.29, 1.82) is 0 Å². The van der Waals surface area contributed by atoms with Gasteiger partial charge in [-0.1, -0.05) is 0 Å². The maximum absolute atomic E-state index is 13.3. The van der Waals surface area contributed by atoms with Gasteiger partial charge in [-0.15, -0.1) is 11.3 Å². The fourth-order valence-electron chi connectivity index (χ4n) is 1.49. The van der Waals surface area contributed by atoms with E-state index in [-0.39, 0.29) is 12.1 Å². The first-order valence-electron chi connectivity index (χ1n) is 5.31. The monoisotopic (exact) mass is 272 g/mol. The summed E-state index contributed by atoms with van der Waals surface area (Å²) in [4.78, 5) is 4.22. The van der Waals surface area contributed by atoms with Gasteiger partial charge in [-0.3, -0.25) is 0 Å². The Morgan fingerprint density at radius 2 is 1.83 bits per heavy atom. The van der Waals surface area contributed by atoms with Crippen molar-refractivity contribution in [1.82, 2.24) is 10.3 Å². The molecule has 6 heteroatoms. The van der Waals surface area contributed by atoms with Crippen molar-refractivity contribution >= 4 is 11.3 Å². The minimum Gasteiger partial charge on any atom is -0.306 e. The van der Waals surface area contributed by atoms with E-state index in [1.165, 1.54) is 11.3 Å². The van der Waals surface area contributed by atoms with Crippen molar-refractivity contribution in [2.45, 2.75) is 20.0 Å². The lowest BCUT2D eigenvalue weighted by atomic mass is 10.2. The number of nitrogens with zero attached hydrogens (tertiary/aromatic N) is 1. The molecule has 1 aromatic carbocycles. The molecule has 0 spiro atoms. The predicted octanol–water partition coefficient (Wildman–Crippen LogP) is 3.16. The molecule has 0 saturated heterocycles. The van der Waals surface area contributed by atoms with Crippen molar-refractivity contribution in [3.8, 4) is 0 Å². The third kappa shape index (κ3) is 3.08. The summed E-state index contributed by atoms with van der Waals surface area (Å²) in [7, 11) is 0. The van der Waals surface area contributed by atoms with Crippen LogP contribution in [0.1, 0.15) is 16.3 Å². The molecular formula is C12H11F3N2S. The molecule has 2 rings (SSSR count). The van der Waals surface area contributed by atoms with Crippen molar-refractivity contribution in [3.63, 3.8) is 0 Å². The Labute approximate surface area is 106 Å². The van der Waals surface area contributed by atoms with E-state index in [9.17, 15) is 13.2 Å². The molecule has 1 N–H and O–H groups in total. The van der Waals surface area contributed by atoms with Gasteiger partial charge in [0.1, 0.15) is 10.8 Å². The standard InChI is InChI=1S/C12H11F3N2S/c1-7-6-18-12(17-7)5-16-4-8-2-10(14)11(15)3-9(8)13/h2-3,6,16H,4-5H2,1H3. The van der Waals surface area contributed by atoms with Gasteiger partial charge in [-0.2, -0.15) is 0 Å². The van der Waals surface area contributed by atoms with Gasteiger partial charge in [0.25, 0.3) is 0 Å². The zero-order valence-electron chi connectivity index (χ0n) is 9.64. The normalized spacial score (nSPS) is 10.9. The van der Waals surface area contributed by atoms with Gasteiger partial charge in [-0.05, 0) is 13.0 Å². The Morgan fingerprint density at radius 1 is 1.11 bits per heavy atom. The second kappa shape index (κ2) is 5.49. The number of rotatable bonds is 4. The Hall–Kier alpha value is -1.40. The third-order valence-electron chi connectivity index (χ3n) is 2.35. The number of aromatic nitrogens is 1. The smallest absolute Gasteiger partial charge is 0.161 e. The molecule has 0 aliphatic carbocycles. The van der Waals surface area contributed by atoms with E-state index in [4.69, 9.17) is 0 Å². The van der Waals surface area contributed by atoms with Crippen molar-refractivity contribution in [2.24, 2.45) is 0 Å². The molecule has 0 radical (unpaired) electrons. The number of hydrogen-bond donors (Lipinski definition) is 1. The molecule has 18 heavy (non-hydrogen) atoms. The molecule has 0 atom stereocenters. The van der Waals surface area contributed by atoms with Gasteiger partial charge >= 0.3 is 0 Å². The minimum atomic E-state index is -1.17. The summed E-state index contributed by atoms with van der Waals surface area (Å²) < 4.78 is 38.9. The molecule has 0 amide bonds. The summed E-state index contributed by atoms with van der Waals surface area (Å²) in [5, 5.41) is 5.72. The van der Waals surface area contributed by atoms with Crippen LogP contribution in [0.2, 0.25) is 0 Å². The first kappa shape index (κ1) is 13.0. The number of halogens is 3. The van der Waals surface area contributed by atoms with Crippen molar-refractivity contribution in [2.75, 3.05) is 0 Å². The molecule has 1 aromatic heterocycles. The van der Waals surface area contributed by atoms with Crippen LogP contribution in [0.15, 0.2) is 17.5 Å². The topological polar surface area (TPSA) is 24.9 Å². The SMILES string of the molecule is Cc1csc(CNCc2cc(F)c(F)cc2F)n1. The Balaban J connectivity index is 1.96. The van der Waals surface area contributed by atoms with E-state index in [0.717, 1.165) is 16.8 Å². The van der Waals surface area contributed by atoms with Crippen LogP contribution in [0.4, 0.5) is 13.2 Å². The van der Waals surface area contributed by atoms with Crippen LogP contribution < -0.4 is 5.32 Å². The molecule has 2 aromatic rings. The number of benzene rings is 1. The molecule has 96 valence electrons. The van der Waals surface area contributed by atoms with E-state index in [0.29, 0.717) is 12.6 Å². The summed E-state index contributed by atoms with van der Waals surface area (Å²) in [5.74, 6) is -2.97. The maximum atomic E-state index is 13.3. The molecule has 0 aliphatic heterocycles. The van der Waals surface area contributed by atoms with Crippen molar-refractivity contribution < 1.29 is 13.2 Å². The zero-order valence-corrected chi connectivity index (χ0v) is 10.5. The lowest BCUT2D eigenvalue weighted by Gasteiger charge is -2.05. The highest BCUT2D eigenvalue weighted by Crippen LogP contribution is 2.14. The van der Waals surface area contributed by atoms with Crippen LogP contribution in [-0.4, -0.2) is 4.98 Å². The van der Waals surface area contributed by atoms with Crippen LogP contribution in [-0.2, 0) is 13.1 Å². The highest BCUT2D eigenvalue weighted by molar-refractivity contribution is 7.09. The average molecular weight is 272 g/mol. The minimum absolute atomic E-state index is 0.0992. The van der Waals surface area contributed by atoms with Crippen LogP contribution in [0.3, 0.4) is 0 Å². The van der Waals surface area contributed by atoms with E-state index in [1.807, 2.05) is 12.3 Å². The van der Waals surface area contributed by atoms with Gasteiger partial charge in [0.15, 0.2) is 11.6 Å². The summed E-state index contributed by atoms with van der Waals surface area (Å²) in [5.41, 5.74) is 1.03. The van der Waals surface area contributed by atoms with Gasteiger partial charge < -0.3 is 5.32 Å². The van der Waals surface area contributed by atoms with Crippen LogP contribution in [0.25, 0.3) is 0 Å². The van der Waals surface area contributed by atoms with E-state index < -0.39 is 17.5 Å². The highest BCUT2D eigenvalue weighted by Gasteiger charge is 2.09. The lowest BCUT2D eigenvalue weighted by Crippen LogP contribution is -2.14. The molecule has 0 saturated carbocycles. The summed E-state index contributed by atoms with van der Waals surface area (Å²) in [6, 6.07) is 1.42. The van der Waals surface area contributed by atoms with Crippen LogP contribution >= 0.6 is 11.3 Å². The molecule has 0 bridgehead atoms. The third-order valence-corrected chi connectivity index (χ3v) is 3.31. The second-order valence-electron chi connectivity index (χ2n) is 3.84. The van der Waals surface area contributed by atoms with Crippen LogP contribution in [0.5, 0.6) is 0 Å². The molecule has 0 fully saturated rings. The first-order chi connectivity index (χ1) is 8.56. The summed E-state index contributed by atoms with van der Waals surface area (Å²) >= 11 is 1.49. The van der Waals surface area contributed by atoms with E-state index in [1.54, 1.807) is 0 Å². The Bertz CT molecular complexity index is 554. The fourth-order valence-corrected chi connectivity index (χ4v) is 2.23. The molecule has 0 aliphatic rings. The second-order valence-corrected chi connectivity index (χ2v) is 4.79. The highest BCUT2D eigenvalue weighted by atomic mass is 32.1.